The number of nitrogens with zero attached hydrogens (tertiary/aromatic N) is 5. The third-order valence-corrected chi connectivity index (χ3v) is 6.90. The molecule has 8 nitrogen and oxygen atoms in total. The molecule has 0 saturated carbocycles. The van der Waals surface area contributed by atoms with Crippen molar-refractivity contribution in [3.05, 3.63) is 66.0 Å². The molecule has 1 aliphatic heterocycles. The van der Waals surface area contributed by atoms with Crippen LogP contribution in [0.4, 0.5) is 11.5 Å². The molecule has 4 aromatic rings. The van der Waals surface area contributed by atoms with E-state index in [9.17, 15) is 4.79 Å². The van der Waals surface area contributed by atoms with E-state index in [1.807, 2.05) is 67.9 Å². The Kier molecular flexibility index (Phi) is 6.35. The molecule has 8 heteroatoms. The fourth-order valence-electron chi connectivity index (χ4n) is 4.78. The second-order valence-electron chi connectivity index (χ2n) is 10.2. The predicted octanol–water partition coefficient (Wildman–Crippen LogP) is 4.54. The van der Waals surface area contributed by atoms with Gasteiger partial charge < -0.3 is 16.0 Å². The number of hydrogen-bond donors (Lipinski definition) is 2. The fourth-order valence-corrected chi connectivity index (χ4v) is 4.78. The number of carbonyl (C=O) groups excluding carboxylic acids is 1. The number of fused-ring (bicyclic) bond motifs is 1. The summed E-state index contributed by atoms with van der Waals surface area (Å²) in [6, 6.07) is 16.0. The molecule has 0 spiro atoms. The third-order valence-electron chi connectivity index (χ3n) is 6.90. The van der Waals surface area contributed by atoms with Crippen LogP contribution in [0.1, 0.15) is 49.0 Å². The Morgan fingerprint density at radius 1 is 1.06 bits per heavy atom. The summed E-state index contributed by atoms with van der Waals surface area (Å²) in [6.07, 6.45) is 5.12. The predicted molar refractivity (Wildman–Crippen MR) is 144 cm³/mol. The van der Waals surface area contributed by atoms with Crippen LogP contribution in [0.15, 0.2) is 54.9 Å². The minimum absolute atomic E-state index is 0.105. The van der Waals surface area contributed by atoms with E-state index in [2.05, 4.69) is 26.3 Å². The summed E-state index contributed by atoms with van der Waals surface area (Å²) in [4.78, 5) is 24.2. The lowest BCUT2D eigenvalue weighted by Crippen LogP contribution is -2.41. The largest absolute Gasteiger partial charge is 0.383 e. The quantitative estimate of drug-likeness (QED) is 0.417. The van der Waals surface area contributed by atoms with Gasteiger partial charge in [-0.25, -0.2) is 14.6 Å². The number of nitrogen functional groups attached to an aromatic ring is 1. The number of rotatable bonds is 6. The van der Waals surface area contributed by atoms with Crippen LogP contribution in [0.5, 0.6) is 0 Å². The number of amides is 1. The number of hydrogen-bond acceptors (Lipinski definition) is 6. The first kappa shape index (κ1) is 23.8. The second-order valence-corrected chi connectivity index (χ2v) is 10.2. The van der Waals surface area contributed by atoms with Gasteiger partial charge in [0.2, 0.25) is 0 Å². The Balaban J connectivity index is 1.40. The zero-order chi connectivity index (χ0) is 25.3. The van der Waals surface area contributed by atoms with E-state index >= 15 is 0 Å². The van der Waals surface area contributed by atoms with Crippen LogP contribution in [0, 0.1) is 6.92 Å². The van der Waals surface area contributed by atoms with Crippen molar-refractivity contribution >= 4 is 28.4 Å². The first-order valence-electron chi connectivity index (χ1n) is 12.5. The molecule has 2 aromatic carbocycles. The maximum absolute atomic E-state index is 13.1. The number of aryl methyl sites for hydroxylation is 1. The van der Waals surface area contributed by atoms with E-state index in [0.717, 1.165) is 35.4 Å². The average molecular weight is 484 g/mol. The molecule has 0 unspecified atom stereocenters. The van der Waals surface area contributed by atoms with Crippen LogP contribution < -0.4 is 16.0 Å². The van der Waals surface area contributed by atoms with E-state index in [0.29, 0.717) is 23.6 Å². The van der Waals surface area contributed by atoms with Gasteiger partial charge in [-0.15, -0.1) is 0 Å². The highest BCUT2D eigenvalue weighted by atomic mass is 16.1. The van der Waals surface area contributed by atoms with Gasteiger partial charge in [-0.3, -0.25) is 4.79 Å². The number of piperidine rings is 1. The highest BCUT2D eigenvalue weighted by Gasteiger charge is 2.28. The van der Waals surface area contributed by atoms with Gasteiger partial charge >= 0.3 is 0 Å². The van der Waals surface area contributed by atoms with Gasteiger partial charge in [0.25, 0.3) is 5.91 Å². The maximum Gasteiger partial charge on any atom is 0.251 e. The standard InChI is InChI=1S/C28H33N7O/c1-19-10-12-20(13-11-19)24-23-25(29)31-18-32-26(23)35(33-24)28(2,3)17-30-27(36)21-8-7-9-22(16-21)34-14-5-4-6-15-34/h7-13,16,18H,4-6,14-15,17H2,1-3H3,(H,30,36)(H2,29,31,32). The zero-order valence-corrected chi connectivity index (χ0v) is 21.2. The van der Waals surface area contributed by atoms with Crippen LogP contribution in [0.3, 0.4) is 0 Å². The van der Waals surface area contributed by atoms with Crippen molar-refractivity contribution in [1.29, 1.82) is 0 Å². The summed E-state index contributed by atoms with van der Waals surface area (Å²) in [5, 5.41) is 8.75. The van der Waals surface area contributed by atoms with Crippen molar-refractivity contribution in [1.82, 2.24) is 25.1 Å². The molecule has 0 bridgehead atoms. The van der Waals surface area contributed by atoms with Crippen LogP contribution in [0.2, 0.25) is 0 Å². The van der Waals surface area contributed by atoms with Crippen molar-refractivity contribution in [2.24, 2.45) is 0 Å². The molecule has 36 heavy (non-hydrogen) atoms. The van der Waals surface area contributed by atoms with Gasteiger partial charge in [-0.1, -0.05) is 35.9 Å². The topological polar surface area (TPSA) is 102 Å². The smallest absolute Gasteiger partial charge is 0.251 e. The zero-order valence-electron chi connectivity index (χ0n) is 21.2. The summed E-state index contributed by atoms with van der Waals surface area (Å²) in [5.41, 5.74) is 11.0. The lowest BCUT2D eigenvalue weighted by Gasteiger charge is -2.29. The van der Waals surface area contributed by atoms with Gasteiger partial charge in [0.1, 0.15) is 17.8 Å². The van der Waals surface area contributed by atoms with E-state index in [4.69, 9.17) is 10.8 Å². The molecule has 0 atom stereocenters. The molecule has 3 N–H and O–H groups in total. The molecule has 1 saturated heterocycles. The lowest BCUT2D eigenvalue weighted by atomic mass is 10.1. The molecule has 3 heterocycles. The normalized spacial score (nSPS) is 14.2. The number of anilines is 2. The molecule has 1 amide bonds. The monoisotopic (exact) mass is 483 g/mol. The van der Waals surface area contributed by atoms with E-state index in [1.54, 1.807) is 0 Å². The van der Waals surface area contributed by atoms with Crippen molar-refractivity contribution in [3.63, 3.8) is 0 Å². The Bertz CT molecular complexity index is 1390. The number of carbonyl (C=O) groups is 1. The summed E-state index contributed by atoms with van der Waals surface area (Å²) in [5.74, 6) is 0.280. The Labute approximate surface area is 211 Å². The van der Waals surface area contributed by atoms with Crippen molar-refractivity contribution in [3.8, 4) is 11.3 Å². The van der Waals surface area contributed by atoms with Gasteiger partial charge in [0.15, 0.2) is 5.65 Å². The van der Waals surface area contributed by atoms with E-state index < -0.39 is 5.54 Å². The highest BCUT2D eigenvalue weighted by molar-refractivity contribution is 5.98. The highest BCUT2D eigenvalue weighted by Crippen LogP contribution is 2.33. The molecular formula is C28H33N7O. The molecule has 2 aromatic heterocycles. The SMILES string of the molecule is Cc1ccc(-c2nn(C(C)(C)CNC(=O)c3cccc(N4CCCCC4)c3)c3ncnc(N)c23)cc1. The molecule has 1 aliphatic rings. The van der Waals surface area contributed by atoms with Gasteiger partial charge in [0, 0.05) is 36.4 Å². The summed E-state index contributed by atoms with van der Waals surface area (Å²) < 4.78 is 1.85. The number of nitrogens with one attached hydrogen (secondary N) is 1. The minimum atomic E-state index is -0.567. The molecular weight excluding hydrogens is 450 g/mol. The maximum atomic E-state index is 13.1. The van der Waals surface area contributed by atoms with Gasteiger partial charge in [-0.05, 0) is 58.2 Å². The van der Waals surface area contributed by atoms with Crippen LogP contribution in [-0.4, -0.2) is 45.3 Å². The Morgan fingerprint density at radius 3 is 2.56 bits per heavy atom. The third kappa shape index (κ3) is 4.63. The number of benzene rings is 2. The number of aromatic nitrogens is 4. The van der Waals surface area contributed by atoms with E-state index in [1.165, 1.54) is 31.2 Å². The number of nitrogens with two attached hydrogens (primary N) is 1. The second kappa shape index (κ2) is 9.60. The summed E-state index contributed by atoms with van der Waals surface area (Å²) in [7, 11) is 0. The molecule has 5 rings (SSSR count). The average Bonchev–Trinajstić information content (AvgIpc) is 3.30. The lowest BCUT2D eigenvalue weighted by molar-refractivity contribution is 0.0936. The van der Waals surface area contributed by atoms with E-state index in [-0.39, 0.29) is 5.91 Å². The van der Waals surface area contributed by atoms with Crippen molar-refractivity contribution < 1.29 is 4.79 Å². The molecule has 186 valence electrons. The first-order valence-corrected chi connectivity index (χ1v) is 12.5. The van der Waals surface area contributed by atoms with Crippen molar-refractivity contribution in [2.75, 3.05) is 30.3 Å². The molecule has 1 fully saturated rings. The van der Waals surface area contributed by atoms with Gasteiger partial charge in [0.05, 0.1) is 10.9 Å². The van der Waals surface area contributed by atoms with Gasteiger partial charge in [-0.2, -0.15) is 5.10 Å². The molecule has 0 radical (unpaired) electrons. The summed E-state index contributed by atoms with van der Waals surface area (Å²) >= 11 is 0. The fraction of sp³-hybridized carbons (Fsp3) is 0.357. The summed E-state index contributed by atoms with van der Waals surface area (Å²) in [6.45, 7) is 8.56. The Hall–Kier alpha value is -3.94. The van der Waals surface area contributed by atoms with Crippen LogP contribution in [0.25, 0.3) is 22.3 Å². The van der Waals surface area contributed by atoms with Crippen LogP contribution in [-0.2, 0) is 5.54 Å². The first-order chi connectivity index (χ1) is 17.3. The van der Waals surface area contributed by atoms with Crippen molar-refractivity contribution in [2.45, 2.75) is 45.6 Å². The Morgan fingerprint density at radius 2 is 1.81 bits per heavy atom. The van der Waals surface area contributed by atoms with Crippen LogP contribution >= 0.6 is 0 Å². The molecule has 0 aliphatic carbocycles. The minimum Gasteiger partial charge on any atom is -0.383 e.